The van der Waals surface area contributed by atoms with Crippen molar-refractivity contribution in [2.75, 3.05) is 6.61 Å². The van der Waals surface area contributed by atoms with Gasteiger partial charge in [0.05, 0.1) is 17.8 Å². The molecule has 0 bridgehead atoms. The van der Waals surface area contributed by atoms with Crippen LogP contribution in [0, 0.1) is 0 Å². The molecule has 2 aromatic carbocycles. The Morgan fingerprint density at radius 1 is 1.12 bits per heavy atom. The van der Waals surface area contributed by atoms with Crippen LogP contribution in [0.15, 0.2) is 48.7 Å². The molecule has 7 heteroatoms. The van der Waals surface area contributed by atoms with Gasteiger partial charge in [0.2, 0.25) is 5.06 Å². The van der Waals surface area contributed by atoms with Crippen molar-refractivity contribution in [3.8, 4) is 27.5 Å². The molecule has 0 fully saturated rings. The zero-order valence-corrected chi connectivity index (χ0v) is 16.0. The van der Waals surface area contributed by atoms with Gasteiger partial charge in [-0.2, -0.15) is 0 Å². The summed E-state index contributed by atoms with van der Waals surface area (Å²) in [4.78, 5) is 4.21. The quantitative estimate of drug-likeness (QED) is 0.552. The number of thiazole rings is 1. The topological polar surface area (TPSA) is 66.6 Å². The van der Waals surface area contributed by atoms with Gasteiger partial charge >= 0.3 is 0 Å². The van der Waals surface area contributed by atoms with E-state index < -0.39 is 0 Å². The summed E-state index contributed by atoms with van der Waals surface area (Å²) < 4.78 is 16.9. The predicted molar refractivity (Wildman–Crippen MR) is 104 cm³/mol. The van der Waals surface area contributed by atoms with E-state index in [1.54, 1.807) is 24.4 Å². The first kappa shape index (κ1) is 18.5. The number of nitrogens with zero attached hydrogens (tertiary/aromatic N) is 1. The van der Waals surface area contributed by atoms with E-state index in [1.807, 2.05) is 38.1 Å². The SMILES string of the molecule is CCOc1ccc(Oc2ncc(Oc3ccc(C(C)N)cc3)s2)c(Cl)c1. The summed E-state index contributed by atoms with van der Waals surface area (Å²) in [6.45, 7) is 4.43. The summed E-state index contributed by atoms with van der Waals surface area (Å²) in [5.41, 5.74) is 6.90. The van der Waals surface area contributed by atoms with E-state index >= 15 is 0 Å². The van der Waals surface area contributed by atoms with Crippen LogP contribution in [0.4, 0.5) is 0 Å². The molecule has 0 saturated heterocycles. The summed E-state index contributed by atoms with van der Waals surface area (Å²) in [5.74, 6) is 1.92. The fraction of sp³-hybridized carbons (Fsp3) is 0.211. The zero-order chi connectivity index (χ0) is 18.5. The molecule has 3 rings (SSSR count). The Balaban J connectivity index is 1.66. The molecule has 26 heavy (non-hydrogen) atoms. The second-order valence-corrected chi connectivity index (χ2v) is 6.90. The van der Waals surface area contributed by atoms with Crippen LogP contribution >= 0.6 is 22.9 Å². The lowest BCUT2D eigenvalue weighted by Crippen LogP contribution is -2.04. The third-order valence-corrected chi connectivity index (χ3v) is 4.55. The molecular formula is C19H19ClN2O3S. The van der Waals surface area contributed by atoms with Crippen LogP contribution in [0.2, 0.25) is 5.02 Å². The number of rotatable bonds is 7. The van der Waals surface area contributed by atoms with Crippen molar-refractivity contribution in [1.82, 2.24) is 4.98 Å². The van der Waals surface area contributed by atoms with E-state index in [9.17, 15) is 0 Å². The van der Waals surface area contributed by atoms with Crippen LogP contribution in [0.3, 0.4) is 0 Å². The van der Waals surface area contributed by atoms with Crippen LogP contribution in [-0.4, -0.2) is 11.6 Å². The molecule has 0 aliphatic heterocycles. The molecule has 0 aliphatic carbocycles. The van der Waals surface area contributed by atoms with Crippen molar-refractivity contribution in [3.63, 3.8) is 0 Å². The third-order valence-electron chi connectivity index (χ3n) is 3.50. The zero-order valence-electron chi connectivity index (χ0n) is 14.4. The lowest BCUT2D eigenvalue weighted by atomic mass is 10.1. The standard InChI is InChI=1S/C19H19ClN2O3S/c1-3-23-15-8-9-17(16(20)10-15)25-19-22-11-18(26-19)24-14-6-4-13(5-7-14)12(2)21/h4-12H,3,21H2,1-2H3. The van der Waals surface area contributed by atoms with Gasteiger partial charge in [0.25, 0.3) is 5.19 Å². The molecule has 0 radical (unpaired) electrons. The van der Waals surface area contributed by atoms with Gasteiger partial charge < -0.3 is 19.9 Å². The van der Waals surface area contributed by atoms with Crippen molar-refractivity contribution < 1.29 is 14.2 Å². The molecule has 0 saturated carbocycles. The maximum Gasteiger partial charge on any atom is 0.282 e. The molecule has 3 aromatic rings. The average molecular weight is 391 g/mol. The fourth-order valence-electron chi connectivity index (χ4n) is 2.21. The number of ether oxygens (including phenoxy) is 3. The van der Waals surface area contributed by atoms with Gasteiger partial charge in [0, 0.05) is 12.1 Å². The minimum absolute atomic E-state index is 0.00804. The Labute approximate surface area is 161 Å². The van der Waals surface area contributed by atoms with E-state index in [2.05, 4.69) is 4.98 Å². The Hall–Kier alpha value is -2.28. The Kier molecular flexibility index (Phi) is 5.98. The Bertz CT molecular complexity index is 865. The van der Waals surface area contributed by atoms with E-state index in [0.29, 0.717) is 39.1 Å². The molecule has 0 spiro atoms. The molecule has 5 nitrogen and oxygen atoms in total. The van der Waals surface area contributed by atoms with E-state index in [-0.39, 0.29) is 6.04 Å². The highest BCUT2D eigenvalue weighted by Gasteiger charge is 2.10. The Morgan fingerprint density at radius 3 is 2.50 bits per heavy atom. The van der Waals surface area contributed by atoms with Crippen LogP contribution in [0.1, 0.15) is 25.5 Å². The lowest BCUT2D eigenvalue weighted by molar-refractivity contribution is 0.339. The summed E-state index contributed by atoms with van der Waals surface area (Å²) >= 11 is 7.51. The van der Waals surface area contributed by atoms with Crippen LogP contribution < -0.4 is 19.9 Å². The first-order valence-electron chi connectivity index (χ1n) is 8.14. The maximum absolute atomic E-state index is 6.22. The van der Waals surface area contributed by atoms with Crippen LogP contribution in [0.25, 0.3) is 0 Å². The number of benzene rings is 2. The molecular weight excluding hydrogens is 372 g/mol. The second-order valence-electron chi connectivity index (χ2n) is 5.53. The largest absolute Gasteiger partial charge is 0.494 e. The molecule has 1 atom stereocenters. The molecule has 1 heterocycles. The number of hydrogen-bond donors (Lipinski definition) is 1. The molecule has 136 valence electrons. The predicted octanol–water partition coefficient (Wildman–Crippen LogP) is 5.80. The summed E-state index contributed by atoms with van der Waals surface area (Å²) in [6, 6.07) is 12.9. The highest BCUT2D eigenvalue weighted by atomic mass is 35.5. The van der Waals surface area contributed by atoms with Crippen LogP contribution in [-0.2, 0) is 0 Å². The highest BCUT2D eigenvalue weighted by molar-refractivity contribution is 7.15. The third kappa shape index (κ3) is 4.66. The summed E-state index contributed by atoms with van der Waals surface area (Å²) in [7, 11) is 0. The Morgan fingerprint density at radius 2 is 1.85 bits per heavy atom. The normalized spacial score (nSPS) is 11.8. The van der Waals surface area contributed by atoms with Crippen LogP contribution in [0.5, 0.6) is 27.5 Å². The molecule has 1 aromatic heterocycles. The first-order chi connectivity index (χ1) is 12.5. The number of hydrogen-bond acceptors (Lipinski definition) is 6. The van der Waals surface area contributed by atoms with Gasteiger partial charge in [-0.3, -0.25) is 0 Å². The molecule has 1 unspecified atom stereocenters. The smallest absolute Gasteiger partial charge is 0.282 e. The molecule has 2 N–H and O–H groups in total. The fourth-order valence-corrected chi connectivity index (χ4v) is 3.07. The van der Waals surface area contributed by atoms with Crippen molar-refractivity contribution >= 4 is 22.9 Å². The van der Waals surface area contributed by atoms with Crippen molar-refractivity contribution in [1.29, 1.82) is 0 Å². The summed E-state index contributed by atoms with van der Waals surface area (Å²) in [5, 5.41) is 1.52. The van der Waals surface area contributed by atoms with Crippen molar-refractivity contribution in [3.05, 3.63) is 59.2 Å². The molecule has 0 aliphatic rings. The van der Waals surface area contributed by atoms with E-state index in [4.69, 9.17) is 31.5 Å². The van der Waals surface area contributed by atoms with Crippen molar-refractivity contribution in [2.45, 2.75) is 19.9 Å². The monoisotopic (exact) mass is 390 g/mol. The number of aromatic nitrogens is 1. The van der Waals surface area contributed by atoms with Gasteiger partial charge in [0.15, 0.2) is 0 Å². The van der Waals surface area contributed by atoms with E-state index in [0.717, 1.165) is 5.56 Å². The highest BCUT2D eigenvalue weighted by Crippen LogP contribution is 2.37. The second kappa shape index (κ2) is 8.40. The van der Waals surface area contributed by atoms with E-state index in [1.165, 1.54) is 11.3 Å². The van der Waals surface area contributed by atoms with Gasteiger partial charge in [0.1, 0.15) is 17.2 Å². The number of nitrogens with two attached hydrogens (primary N) is 1. The lowest BCUT2D eigenvalue weighted by Gasteiger charge is -2.07. The minimum Gasteiger partial charge on any atom is -0.494 e. The maximum atomic E-state index is 6.22. The minimum atomic E-state index is -0.00804. The average Bonchev–Trinajstić information content (AvgIpc) is 3.05. The first-order valence-corrected chi connectivity index (χ1v) is 9.34. The van der Waals surface area contributed by atoms with Gasteiger partial charge in [-0.1, -0.05) is 23.7 Å². The number of halogens is 1. The van der Waals surface area contributed by atoms with Gasteiger partial charge in [-0.25, -0.2) is 4.98 Å². The molecule has 0 amide bonds. The van der Waals surface area contributed by atoms with Gasteiger partial charge in [-0.15, -0.1) is 0 Å². The van der Waals surface area contributed by atoms with Crippen molar-refractivity contribution in [2.24, 2.45) is 5.73 Å². The summed E-state index contributed by atoms with van der Waals surface area (Å²) in [6.07, 6.45) is 1.61. The van der Waals surface area contributed by atoms with Gasteiger partial charge in [-0.05, 0) is 55.0 Å².